The number of benzene rings is 2. The third-order valence-electron chi connectivity index (χ3n) is 8.25. The largest absolute Gasteiger partial charge is 0.459 e. The highest BCUT2D eigenvalue weighted by Gasteiger charge is 2.71. The van der Waals surface area contributed by atoms with Gasteiger partial charge >= 0.3 is 0 Å². The van der Waals surface area contributed by atoms with Crippen LogP contribution >= 0.6 is 0 Å². The molecule has 0 N–H and O–H groups in total. The zero-order valence-electron chi connectivity index (χ0n) is 18.6. The molecule has 4 nitrogen and oxygen atoms in total. The van der Waals surface area contributed by atoms with E-state index in [0.29, 0.717) is 24.7 Å². The van der Waals surface area contributed by atoms with Gasteiger partial charge in [0.25, 0.3) is 0 Å². The second kappa shape index (κ2) is 6.68. The lowest BCUT2D eigenvalue weighted by Crippen LogP contribution is -2.67. The van der Waals surface area contributed by atoms with Crippen LogP contribution in [0.4, 0.5) is 0 Å². The molecule has 3 aliphatic rings. The summed E-state index contributed by atoms with van der Waals surface area (Å²) in [5.41, 5.74) is 2.78. The van der Waals surface area contributed by atoms with Crippen LogP contribution in [0.2, 0.25) is 0 Å². The van der Waals surface area contributed by atoms with Crippen molar-refractivity contribution in [1.29, 1.82) is 0 Å². The lowest BCUT2D eigenvalue weighted by molar-refractivity contribution is -0.223. The van der Waals surface area contributed by atoms with Crippen LogP contribution in [0.15, 0.2) is 65.2 Å². The van der Waals surface area contributed by atoms with Crippen LogP contribution in [0.3, 0.4) is 0 Å². The van der Waals surface area contributed by atoms with Crippen molar-refractivity contribution >= 4 is 33.4 Å². The first-order valence-electron chi connectivity index (χ1n) is 11.5. The van der Waals surface area contributed by atoms with Crippen molar-refractivity contribution in [2.45, 2.75) is 46.1 Å². The van der Waals surface area contributed by atoms with Gasteiger partial charge in [-0.2, -0.15) is 0 Å². The summed E-state index contributed by atoms with van der Waals surface area (Å²) in [6.45, 7) is 4.49. The smallest absolute Gasteiger partial charge is 0.165 e. The van der Waals surface area contributed by atoms with Crippen LogP contribution < -0.4 is 0 Å². The van der Waals surface area contributed by atoms with Gasteiger partial charge in [-0.25, -0.2) is 0 Å². The molecule has 2 aromatic heterocycles. The average molecular weight is 426 g/mol. The van der Waals surface area contributed by atoms with E-state index in [1.807, 2.05) is 42.6 Å². The highest BCUT2D eigenvalue weighted by atomic mass is 16.3. The molecule has 2 heterocycles. The highest BCUT2D eigenvalue weighted by Crippen LogP contribution is 2.76. The van der Waals surface area contributed by atoms with E-state index in [4.69, 9.17) is 4.42 Å². The lowest BCUT2D eigenvalue weighted by atomic mass is 9.31. The predicted octanol–water partition coefficient (Wildman–Crippen LogP) is 6.40. The van der Waals surface area contributed by atoms with Gasteiger partial charge in [0.1, 0.15) is 17.1 Å². The number of carbonyl (C=O) groups is 2. The number of carbonyl (C=O) groups excluding carboxylic acids is 2. The summed E-state index contributed by atoms with van der Waals surface area (Å²) in [5, 5.41) is 2.16. The first kappa shape index (κ1) is 19.5. The molecule has 7 rings (SSSR count). The van der Waals surface area contributed by atoms with Crippen LogP contribution in [-0.4, -0.2) is 16.1 Å². The number of fused-ring (bicyclic) bond motifs is 2. The van der Waals surface area contributed by atoms with E-state index in [9.17, 15) is 9.59 Å². The van der Waals surface area contributed by atoms with Crippen molar-refractivity contribution in [3.8, 4) is 0 Å². The van der Waals surface area contributed by atoms with Crippen molar-refractivity contribution in [3.05, 3.63) is 72.1 Å². The minimum absolute atomic E-state index is 0.0569. The van der Waals surface area contributed by atoms with E-state index in [1.165, 1.54) is 0 Å². The van der Waals surface area contributed by atoms with Crippen LogP contribution in [-0.2, 0) is 11.3 Å². The van der Waals surface area contributed by atoms with E-state index in [0.717, 1.165) is 52.5 Å². The van der Waals surface area contributed by atoms with Gasteiger partial charge in [-0.05, 0) is 61.8 Å². The number of nitrogens with zero attached hydrogens (tertiary/aromatic N) is 1. The van der Waals surface area contributed by atoms with Gasteiger partial charge in [-0.3, -0.25) is 9.59 Å². The van der Waals surface area contributed by atoms with Crippen molar-refractivity contribution in [2.75, 3.05) is 0 Å². The Bertz CT molecular complexity index is 1340. The number of hydrogen-bond donors (Lipinski definition) is 0. The summed E-state index contributed by atoms with van der Waals surface area (Å²) in [5.74, 6) is 1.69. The van der Waals surface area contributed by atoms with Gasteiger partial charge in [0, 0.05) is 34.4 Å². The number of hydrogen-bond acceptors (Lipinski definition) is 3. The number of para-hydroxylation sites is 2. The van der Waals surface area contributed by atoms with Crippen molar-refractivity contribution in [2.24, 2.45) is 16.7 Å². The number of Topliss-reactive ketones (excluding diaryl/α,β-unsaturated/α-hetero) is 2. The Balaban J connectivity index is 1.26. The topological polar surface area (TPSA) is 52.2 Å². The first-order chi connectivity index (χ1) is 15.4. The maximum absolute atomic E-state index is 13.4. The molecule has 4 heteroatoms. The highest BCUT2D eigenvalue weighted by molar-refractivity contribution is 6.07. The molecular weight excluding hydrogens is 398 g/mol. The molecule has 0 spiro atoms. The molecule has 32 heavy (non-hydrogen) atoms. The summed E-state index contributed by atoms with van der Waals surface area (Å²) in [4.78, 5) is 25.3. The number of rotatable bonds is 7. The van der Waals surface area contributed by atoms with Gasteiger partial charge in [-0.15, -0.1) is 0 Å². The molecule has 2 aromatic carbocycles. The molecule has 0 radical (unpaired) electrons. The fourth-order valence-electron chi connectivity index (χ4n) is 6.27. The van der Waals surface area contributed by atoms with Crippen LogP contribution in [0.5, 0.6) is 0 Å². The molecule has 4 aromatic rings. The van der Waals surface area contributed by atoms with E-state index >= 15 is 0 Å². The van der Waals surface area contributed by atoms with Gasteiger partial charge in [0.15, 0.2) is 5.78 Å². The van der Waals surface area contributed by atoms with Gasteiger partial charge in [-0.1, -0.05) is 37.3 Å². The van der Waals surface area contributed by atoms with Gasteiger partial charge in [0.05, 0.1) is 12.1 Å². The molecule has 3 aliphatic carbocycles. The SMILES string of the molecule is CC(=O)C12CC([C@@H](C)CC(=O)c3cccc4ccn(Cc5cc6ccccc6o5)c34)(C1)C2. The Hall–Kier alpha value is -3.14. The number of ketones is 2. The van der Waals surface area contributed by atoms with Gasteiger partial charge < -0.3 is 8.98 Å². The predicted molar refractivity (Wildman–Crippen MR) is 125 cm³/mol. The fraction of sp³-hybridized carbons (Fsp3) is 0.357. The van der Waals surface area contributed by atoms with Crippen molar-refractivity contribution in [3.63, 3.8) is 0 Å². The van der Waals surface area contributed by atoms with Crippen LogP contribution in [0, 0.1) is 16.7 Å². The molecule has 3 fully saturated rings. The van der Waals surface area contributed by atoms with Crippen LogP contribution in [0.25, 0.3) is 21.9 Å². The number of aromatic nitrogens is 1. The van der Waals surface area contributed by atoms with E-state index in [1.54, 1.807) is 6.92 Å². The van der Waals surface area contributed by atoms with E-state index in [-0.39, 0.29) is 16.6 Å². The molecule has 0 amide bonds. The standard InChI is InChI=1S/C28H27NO3/c1-18(27-15-28(16-27,17-27)19(2)30)12-24(31)23-8-5-7-20-10-11-29(26(20)23)14-22-13-21-6-3-4-9-25(21)32-22/h3-11,13,18H,12,14-17H2,1-2H3/t18-,27?,28?/m0/s1. The van der Waals surface area contributed by atoms with Crippen molar-refractivity contribution < 1.29 is 14.0 Å². The second-order valence-corrected chi connectivity index (χ2v) is 10.2. The molecule has 0 unspecified atom stereocenters. The molecular formula is C28H27NO3. The molecule has 3 saturated carbocycles. The molecule has 2 bridgehead atoms. The monoisotopic (exact) mass is 425 g/mol. The van der Waals surface area contributed by atoms with E-state index < -0.39 is 0 Å². The van der Waals surface area contributed by atoms with Crippen molar-refractivity contribution in [1.82, 2.24) is 4.57 Å². The second-order valence-electron chi connectivity index (χ2n) is 10.2. The Morgan fingerprint density at radius 2 is 1.78 bits per heavy atom. The first-order valence-corrected chi connectivity index (χ1v) is 11.5. The quantitative estimate of drug-likeness (QED) is 0.322. The minimum Gasteiger partial charge on any atom is -0.459 e. The Morgan fingerprint density at radius 3 is 2.53 bits per heavy atom. The van der Waals surface area contributed by atoms with E-state index in [2.05, 4.69) is 29.7 Å². The average Bonchev–Trinajstić information content (AvgIpc) is 3.29. The van der Waals surface area contributed by atoms with Crippen LogP contribution in [0.1, 0.15) is 55.6 Å². The summed E-state index contributed by atoms with van der Waals surface area (Å²) >= 11 is 0. The normalized spacial score (nSPS) is 24.8. The number of furan rings is 1. The fourth-order valence-corrected chi connectivity index (χ4v) is 6.27. The molecule has 162 valence electrons. The maximum atomic E-state index is 13.4. The summed E-state index contributed by atoms with van der Waals surface area (Å²) < 4.78 is 8.14. The molecule has 1 atom stereocenters. The minimum atomic E-state index is -0.0569. The lowest BCUT2D eigenvalue weighted by Gasteiger charge is -2.72. The van der Waals surface area contributed by atoms with Gasteiger partial charge in [0.2, 0.25) is 0 Å². The zero-order chi connectivity index (χ0) is 22.1. The third kappa shape index (κ3) is 2.75. The summed E-state index contributed by atoms with van der Waals surface area (Å²) in [6, 6.07) is 18.1. The molecule has 0 saturated heterocycles. The maximum Gasteiger partial charge on any atom is 0.165 e. The third-order valence-corrected chi connectivity index (χ3v) is 8.25. The molecule has 0 aliphatic heterocycles. The zero-order valence-corrected chi connectivity index (χ0v) is 18.6. The Labute approximate surface area is 187 Å². The summed E-state index contributed by atoms with van der Waals surface area (Å²) in [7, 11) is 0. The summed E-state index contributed by atoms with van der Waals surface area (Å²) in [6.07, 6.45) is 5.47. The Kier molecular flexibility index (Phi) is 4.08. The Morgan fingerprint density at radius 1 is 1.03 bits per heavy atom.